The number of halogens is 1. The van der Waals surface area contributed by atoms with E-state index in [1.54, 1.807) is 6.92 Å². The van der Waals surface area contributed by atoms with Gasteiger partial charge in [-0.1, -0.05) is 18.2 Å². The highest BCUT2D eigenvalue weighted by atomic mass is 19.1. The molecule has 2 aromatic carbocycles. The second-order valence-electron chi connectivity index (χ2n) is 5.97. The molecule has 0 radical (unpaired) electrons. The maximum absolute atomic E-state index is 13.9. The van der Waals surface area contributed by atoms with E-state index in [2.05, 4.69) is 0 Å². The number of aromatic carboxylic acids is 1. The van der Waals surface area contributed by atoms with E-state index in [4.69, 9.17) is 9.47 Å². The van der Waals surface area contributed by atoms with Crippen LogP contribution in [0.25, 0.3) is 11.1 Å². The van der Waals surface area contributed by atoms with Gasteiger partial charge < -0.3 is 14.6 Å². The molecule has 0 amide bonds. The van der Waals surface area contributed by atoms with E-state index in [0.717, 1.165) is 19.1 Å². The van der Waals surface area contributed by atoms with Crippen molar-refractivity contribution in [2.45, 2.75) is 13.3 Å². The molecule has 0 bridgehead atoms. The highest BCUT2D eigenvalue weighted by Crippen LogP contribution is 2.34. The van der Waals surface area contributed by atoms with Crippen molar-refractivity contribution >= 4 is 5.97 Å². The number of carboxylic acid groups (broad SMARTS) is 1. The quantitative estimate of drug-likeness (QED) is 0.903. The first-order chi connectivity index (χ1) is 11.6. The maximum Gasteiger partial charge on any atom is 0.336 e. The van der Waals surface area contributed by atoms with Crippen molar-refractivity contribution in [3.63, 3.8) is 0 Å². The normalized spacial score (nSPS) is 17.0. The zero-order chi connectivity index (χ0) is 17.1. The summed E-state index contributed by atoms with van der Waals surface area (Å²) >= 11 is 0. The monoisotopic (exact) mass is 330 g/mol. The van der Waals surface area contributed by atoms with Gasteiger partial charge in [0.05, 0.1) is 18.8 Å². The molecule has 1 fully saturated rings. The van der Waals surface area contributed by atoms with Crippen molar-refractivity contribution in [1.82, 2.24) is 0 Å². The fourth-order valence-corrected chi connectivity index (χ4v) is 2.92. The number of rotatable bonds is 5. The van der Waals surface area contributed by atoms with E-state index in [9.17, 15) is 14.3 Å². The van der Waals surface area contributed by atoms with Crippen molar-refractivity contribution in [2.75, 3.05) is 19.8 Å². The average Bonchev–Trinajstić information content (AvgIpc) is 3.08. The molecule has 4 nitrogen and oxygen atoms in total. The Bertz CT molecular complexity index is 751. The van der Waals surface area contributed by atoms with Gasteiger partial charge in [0.1, 0.15) is 11.6 Å². The van der Waals surface area contributed by atoms with Crippen molar-refractivity contribution in [3.05, 3.63) is 53.3 Å². The summed E-state index contributed by atoms with van der Waals surface area (Å²) in [6.45, 7) is 3.64. The predicted octanol–water partition coefficient (Wildman–Crippen LogP) is 3.91. The van der Waals surface area contributed by atoms with Crippen LogP contribution in [0.4, 0.5) is 4.39 Å². The third-order valence-corrected chi connectivity index (χ3v) is 4.28. The third-order valence-electron chi connectivity index (χ3n) is 4.28. The molecule has 0 aromatic heterocycles. The van der Waals surface area contributed by atoms with Gasteiger partial charge in [-0.2, -0.15) is 0 Å². The molecule has 0 aliphatic carbocycles. The van der Waals surface area contributed by atoms with Crippen molar-refractivity contribution in [2.24, 2.45) is 5.92 Å². The lowest BCUT2D eigenvalue weighted by molar-refractivity contribution is 0.0695. The van der Waals surface area contributed by atoms with Crippen LogP contribution in [0.2, 0.25) is 0 Å². The summed E-state index contributed by atoms with van der Waals surface area (Å²) < 4.78 is 25.2. The molecule has 0 spiro atoms. The molecule has 0 saturated carbocycles. The second-order valence-corrected chi connectivity index (χ2v) is 5.97. The number of carboxylic acids is 1. The van der Waals surface area contributed by atoms with Crippen LogP contribution in [0.5, 0.6) is 5.75 Å². The first-order valence-electron chi connectivity index (χ1n) is 7.89. The topological polar surface area (TPSA) is 55.8 Å². The highest BCUT2D eigenvalue weighted by molar-refractivity contribution is 5.92. The van der Waals surface area contributed by atoms with Gasteiger partial charge in [0.2, 0.25) is 0 Å². The van der Waals surface area contributed by atoms with Crippen LogP contribution in [0, 0.1) is 18.7 Å². The summed E-state index contributed by atoms with van der Waals surface area (Å²) in [7, 11) is 0. The Balaban J connectivity index is 1.96. The van der Waals surface area contributed by atoms with Gasteiger partial charge in [0, 0.05) is 18.1 Å². The molecule has 1 aliphatic heterocycles. The molecule has 1 saturated heterocycles. The van der Waals surface area contributed by atoms with Gasteiger partial charge in [-0.05, 0) is 42.7 Å². The molecule has 3 rings (SSSR count). The van der Waals surface area contributed by atoms with Crippen molar-refractivity contribution in [3.8, 4) is 16.9 Å². The Labute approximate surface area is 139 Å². The molecule has 5 heteroatoms. The standard InChI is InChI=1S/C19H19FO4/c1-12-16(8-14(20)9-17(12)19(21)22)15-4-2-3-5-18(15)24-11-13-6-7-23-10-13/h2-5,8-9,13H,6-7,10-11H2,1H3,(H,21,22). The number of para-hydroxylation sites is 1. The Kier molecular flexibility index (Phi) is 4.81. The lowest BCUT2D eigenvalue weighted by Gasteiger charge is -2.16. The zero-order valence-corrected chi connectivity index (χ0v) is 13.4. The average molecular weight is 330 g/mol. The summed E-state index contributed by atoms with van der Waals surface area (Å²) in [5.41, 5.74) is 1.70. The van der Waals surface area contributed by atoms with E-state index >= 15 is 0 Å². The zero-order valence-electron chi connectivity index (χ0n) is 13.4. The maximum atomic E-state index is 13.9. The van der Waals surface area contributed by atoms with Gasteiger partial charge in [-0.25, -0.2) is 9.18 Å². The first-order valence-corrected chi connectivity index (χ1v) is 7.89. The molecule has 1 N–H and O–H groups in total. The number of hydrogen-bond donors (Lipinski definition) is 1. The summed E-state index contributed by atoms with van der Waals surface area (Å²) in [6.07, 6.45) is 0.963. The van der Waals surface area contributed by atoms with E-state index in [0.29, 0.717) is 41.6 Å². The van der Waals surface area contributed by atoms with E-state index in [1.165, 1.54) is 6.07 Å². The smallest absolute Gasteiger partial charge is 0.336 e. The second kappa shape index (κ2) is 7.01. The van der Waals surface area contributed by atoms with E-state index < -0.39 is 11.8 Å². The van der Waals surface area contributed by atoms with Crippen LogP contribution in [-0.2, 0) is 4.74 Å². The van der Waals surface area contributed by atoms with Gasteiger partial charge >= 0.3 is 5.97 Å². The minimum Gasteiger partial charge on any atom is -0.493 e. The van der Waals surface area contributed by atoms with E-state index in [-0.39, 0.29) is 5.56 Å². The summed E-state index contributed by atoms with van der Waals surface area (Å²) in [5, 5.41) is 9.27. The number of carbonyl (C=O) groups is 1. The summed E-state index contributed by atoms with van der Waals surface area (Å²) in [6, 6.07) is 9.69. The Hall–Kier alpha value is -2.40. The number of ether oxygens (including phenoxy) is 2. The summed E-state index contributed by atoms with van der Waals surface area (Å²) in [4.78, 5) is 11.3. The molecule has 1 heterocycles. The van der Waals surface area contributed by atoms with Gasteiger partial charge in [0.25, 0.3) is 0 Å². The lowest BCUT2D eigenvalue weighted by Crippen LogP contribution is -2.12. The van der Waals surface area contributed by atoms with Crippen LogP contribution in [0.1, 0.15) is 22.3 Å². The molecule has 126 valence electrons. The van der Waals surface area contributed by atoms with Crippen molar-refractivity contribution in [1.29, 1.82) is 0 Å². The molecule has 1 aliphatic rings. The highest BCUT2D eigenvalue weighted by Gasteiger charge is 2.19. The minimum atomic E-state index is -1.14. The molecule has 1 unspecified atom stereocenters. The fraction of sp³-hybridized carbons (Fsp3) is 0.316. The Morgan fingerprint density at radius 2 is 2.12 bits per heavy atom. The fourth-order valence-electron chi connectivity index (χ4n) is 2.92. The van der Waals surface area contributed by atoms with Crippen LogP contribution in [0.15, 0.2) is 36.4 Å². The minimum absolute atomic E-state index is 0.0380. The lowest BCUT2D eigenvalue weighted by atomic mass is 9.95. The third kappa shape index (κ3) is 3.41. The molecule has 1 atom stereocenters. The van der Waals surface area contributed by atoms with Crippen LogP contribution < -0.4 is 4.74 Å². The van der Waals surface area contributed by atoms with Crippen molar-refractivity contribution < 1.29 is 23.8 Å². The largest absolute Gasteiger partial charge is 0.493 e. The molecule has 24 heavy (non-hydrogen) atoms. The van der Waals surface area contributed by atoms with Crippen LogP contribution >= 0.6 is 0 Å². The first kappa shape index (κ1) is 16.5. The van der Waals surface area contributed by atoms with Gasteiger partial charge in [-0.3, -0.25) is 0 Å². The Morgan fingerprint density at radius 3 is 2.83 bits per heavy atom. The van der Waals surface area contributed by atoms with Gasteiger partial charge in [0.15, 0.2) is 0 Å². The van der Waals surface area contributed by atoms with Crippen LogP contribution in [0.3, 0.4) is 0 Å². The Morgan fingerprint density at radius 1 is 1.33 bits per heavy atom. The molecular weight excluding hydrogens is 311 g/mol. The van der Waals surface area contributed by atoms with Crippen LogP contribution in [-0.4, -0.2) is 30.9 Å². The molecule has 2 aromatic rings. The summed E-state index contributed by atoms with van der Waals surface area (Å²) in [5.74, 6) is -0.752. The number of hydrogen-bond acceptors (Lipinski definition) is 3. The number of benzene rings is 2. The van der Waals surface area contributed by atoms with E-state index in [1.807, 2.05) is 24.3 Å². The predicted molar refractivity (Wildman–Crippen MR) is 88.0 cm³/mol. The van der Waals surface area contributed by atoms with Gasteiger partial charge in [-0.15, -0.1) is 0 Å². The SMILES string of the molecule is Cc1c(C(=O)O)cc(F)cc1-c1ccccc1OCC1CCOC1. The molecular formula is C19H19FO4.